The van der Waals surface area contributed by atoms with E-state index in [0.29, 0.717) is 34.4 Å². The molecule has 7 atom stereocenters. The lowest BCUT2D eigenvalue weighted by atomic mass is 9.94. The molecular weight excluding hydrogens is 499 g/mol. The van der Waals surface area contributed by atoms with Gasteiger partial charge in [0, 0.05) is 18.0 Å². The van der Waals surface area contributed by atoms with Crippen LogP contribution >= 0.6 is 0 Å². The third kappa shape index (κ3) is 4.96. The Morgan fingerprint density at radius 3 is 2.54 bits per heavy atom. The number of hydrogen-bond acceptors (Lipinski definition) is 5. The SMILES string of the molecule is C[C@H]1[C@H]2[C@H]3C[C@@H]([C@@H]12)N(C(=O)OC(C)(C)C)[C@@H]3C(=O)N[C@H](C#N)Cc1ccc(-c2cccc(C(N)=O)c2)cc1F. The standard InChI is InChI=1S/C30H33FN4O4/c1-15-24-21-13-23(25(15)24)35(29(38)39-30(2,3)4)26(21)28(37)34-20(14-32)11-18-9-8-17(12-22(18)31)16-6-5-7-19(10-16)27(33)36/h5-10,12,15,20-21,23-26H,11,13H2,1-4H3,(H2,33,36)(H,34,37)/t15-,20-,21+,23-,24-,25+,26-/m0/s1. The highest BCUT2D eigenvalue weighted by molar-refractivity contribution is 5.94. The molecule has 0 spiro atoms. The molecule has 0 unspecified atom stereocenters. The molecule has 8 nitrogen and oxygen atoms in total. The summed E-state index contributed by atoms with van der Waals surface area (Å²) in [4.78, 5) is 39.7. The normalized spacial score (nSPS) is 27.3. The second-order valence-corrected chi connectivity index (χ2v) is 12.0. The average molecular weight is 533 g/mol. The van der Waals surface area contributed by atoms with Crippen molar-refractivity contribution in [3.05, 3.63) is 59.4 Å². The highest BCUT2D eigenvalue weighted by atomic mass is 19.1. The van der Waals surface area contributed by atoms with Gasteiger partial charge in [-0.05, 0) is 85.8 Å². The van der Waals surface area contributed by atoms with Crippen molar-refractivity contribution in [2.75, 3.05) is 0 Å². The summed E-state index contributed by atoms with van der Waals surface area (Å²) >= 11 is 0. The summed E-state index contributed by atoms with van der Waals surface area (Å²) in [5.41, 5.74) is 6.42. The fraction of sp³-hybridized carbons (Fsp3) is 0.467. The number of ether oxygens (including phenoxy) is 1. The van der Waals surface area contributed by atoms with E-state index >= 15 is 4.39 Å². The van der Waals surface area contributed by atoms with Crippen LogP contribution in [0, 0.1) is 40.8 Å². The van der Waals surface area contributed by atoms with Crippen LogP contribution < -0.4 is 11.1 Å². The zero-order chi connectivity index (χ0) is 28.2. The Balaban J connectivity index is 1.31. The number of nitrogens with two attached hydrogens (primary N) is 1. The van der Waals surface area contributed by atoms with Gasteiger partial charge in [-0.2, -0.15) is 5.26 Å². The van der Waals surface area contributed by atoms with Crippen LogP contribution in [-0.4, -0.2) is 46.5 Å². The smallest absolute Gasteiger partial charge is 0.411 e. The first-order chi connectivity index (χ1) is 18.4. The molecule has 2 saturated carbocycles. The number of nitrogens with zero attached hydrogens (tertiary/aromatic N) is 2. The zero-order valence-electron chi connectivity index (χ0n) is 22.5. The summed E-state index contributed by atoms with van der Waals surface area (Å²) in [5, 5.41) is 12.6. The molecule has 5 rings (SSSR count). The molecule has 1 heterocycles. The molecule has 3 fully saturated rings. The van der Waals surface area contributed by atoms with E-state index in [4.69, 9.17) is 10.5 Å². The van der Waals surface area contributed by atoms with Gasteiger partial charge < -0.3 is 15.8 Å². The lowest BCUT2D eigenvalue weighted by molar-refractivity contribution is -0.128. The Bertz CT molecular complexity index is 1380. The predicted octanol–water partition coefficient (Wildman–Crippen LogP) is 4.03. The van der Waals surface area contributed by atoms with Crippen molar-refractivity contribution in [2.45, 2.75) is 64.3 Å². The van der Waals surface area contributed by atoms with Crippen molar-refractivity contribution in [1.82, 2.24) is 10.2 Å². The largest absolute Gasteiger partial charge is 0.444 e. The van der Waals surface area contributed by atoms with Crippen LogP contribution in [0.1, 0.15) is 50.0 Å². The van der Waals surface area contributed by atoms with Crippen molar-refractivity contribution in [3.63, 3.8) is 0 Å². The zero-order valence-corrected chi connectivity index (χ0v) is 22.5. The second-order valence-electron chi connectivity index (χ2n) is 12.0. The quantitative estimate of drug-likeness (QED) is 0.581. The number of likely N-dealkylation sites (tertiary alicyclic amines) is 1. The number of halogens is 1. The predicted molar refractivity (Wildman–Crippen MR) is 142 cm³/mol. The number of fused-ring (bicyclic) bond motifs is 5. The van der Waals surface area contributed by atoms with Crippen molar-refractivity contribution in [3.8, 4) is 17.2 Å². The van der Waals surface area contributed by atoms with Crippen LogP contribution in [0.2, 0.25) is 0 Å². The summed E-state index contributed by atoms with van der Waals surface area (Å²) in [6.07, 6.45) is 0.204. The van der Waals surface area contributed by atoms with E-state index in [1.807, 2.05) is 0 Å². The molecule has 3 aliphatic rings. The van der Waals surface area contributed by atoms with Gasteiger partial charge in [-0.25, -0.2) is 9.18 Å². The summed E-state index contributed by atoms with van der Waals surface area (Å²) in [6.45, 7) is 7.52. The average Bonchev–Trinajstić information content (AvgIpc) is 3.21. The summed E-state index contributed by atoms with van der Waals surface area (Å²) in [7, 11) is 0. The van der Waals surface area contributed by atoms with Gasteiger partial charge in [-0.15, -0.1) is 0 Å². The maximum atomic E-state index is 15.1. The fourth-order valence-corrected chi connectivity index (χ4v) is 6.69. The van der Waals surface area contributed by atoms with Gasteiger partial charge in [-0.3, -0.25) is 14.5 Å². The first kappa shape index (κ1) is 26.7. The van der Waals surface area contributed by atoms with E-state index in [1.54, 1.807) is 62.1 Å². The lowest BCUT2D eigenvalue weighted by Crippen LogP contribution is -2.56. The molecule has 9 heteroatoms. The van der Waals surface area contributed by atoms with E-state index in [1.165, 1.54) is 6.07 Å². The number of nitrogens with one attached hydrogen (secondary N) is 1. The van der Waals surface area contributed by atoms with Gasteiger partial charge in [0.15, 0.2) is 0 Å². The monoisotopic (exact) mass is 532 g/mol. The van der Waals surface area contributed by atoms with Crippen LogP contribution in [0.4, 0.5) is 9.18 Å². The molecule has 204 valence electrons. The van der Waals surface area contributed by atoms with E-state index in [-0.39, 0.29) is 23.9 Å². The number of carbonyl (C=O) groups excluding carboxylic acids is 3. The maximum Gasteiger partial charge on any atom is 0.411 e. The molecule has 1 saturated heterocycles. The number of piperidine rings is 1. The van der Waals surface area contributed by atoms with Crippen molar-refractivity contribution >= 4 is 17.9 Å². The Morgan fingerprint density at radius 2 is 1.90 bits per heavy atom. The molecule has 2 aromatic carbocycles. The van der Waals surface area contributed by atoms with Crippen LogP contribution in [0.15, 0.2) is 42.5 Å². The van der Waals surface area contributed by atoms with Crippen molar-refractivity contribution in [1.29, 1.82) is 5.26 Å². The minimum absolute atomic E-state index is 0.0223. The fourth-order valence-electron chi connectivity index (χ4n) is 6.69. The third-order valence-corrected chi connectivity index (χ3v) is 8.34. The Kier molecular flexibility index (Phi) is 6.61. The number of primary amides is 1. The topological polar surface area (TPSA) is 126 Å². The second kappa shape index (κ2) is 9.67. The third-order valence-electron chi connectivity index (χ3n) is 8.34. The maximum absolute atomic E-state index is 15.1. The van der Waals surface area contributed by atoms with Gasteiger partial charge in [0.05, 0.1) is 6.07 Å². The molecule has 0 radical (unpaired) electrons. The highest BCUT2D eigenvalue weighted by Crippen LogP contribution is 2.67. The molecule has 3 amide bonds. The van der Waals surface area contributed by atoms with Crippen LogP contribution in [0.25, 0.3) is 11.1 Å². The van der Waals surface area contributed by atoms with Crippen molar-refractivity contribution < 1.29 is 23.5 Å². The number of nitriles is 1. The van der Waals surface area contributed by atoms with Gasteiger partial charge >= 0.3 is 6.09 Å². The molecule has 2 bridgehead atoms. The van der Waals surface area contributed by atoms with E-state index in [9.17, 15) is 19.6 Å². The summed E-state index contributed by atoms with van der Waals surface area (Å²) < 4.78 is 20.7. The Morgan fingerprint density at radius 1 is 1.18 bits per heavy atom. The van der Waals surface area contributed by atoms with E-state index in [2.05, 4.69) is 18.3 Å². The molecule has 1 aliphatic heterocycles. The Hall–Kier alpha value is -3.93. The van der Waals surface area contributed by atoms with Gasteiger partial charge in [-0.1, -0.05) is 31.2 Å². The number of carbonyl (C=O) groups is 3. The summed E-state index contributed by atoms with van der Waals surface area (Å²) in [5.74, 6) is -0.269. The molecule has 3 N–H and O–H groups in total. The molecular formula is C30H33FN4O4. The van der Waals surface area contributed by atoms with Crippen molar-refractivity contribution in [2.24, 2.45) is 29.4 Å². The number of rotatable bonds is 6. The molecule has 2 aliphatic carbocycles. The van der Waals surface area contributed by atoms with Gasteiger partial charge in [0.25, 0.3) is 0 Å². The van der Waals surface area contributed by atoms with Crippen LogP contribution in [0.5, 0.6) is 0 Å². The van der Waals surface area contributed by atoms with Gasteiger partial charge in [0.1, 0.15) is 23.5 Å². The van der Waals surface area contributed by atoms with Crippen LogP contribution in [-0.2, 0) is 16.0 Å². The minimum atomic E-state index is -0.983. The number of benzene rings is 2. The minimum Gasteiger partial charge on any atom is -0.444 e. The first-order valence-electron chi connectivity index (χ1n) is 13.3. The Labute approximate surface area is 227 Å². The number of hydrogen-bond donors (Lipinski definition) is 2. The number of amides is 3. The molecule has 39 heavy (non-hydrogen) atoms. The van der Waals surface area contributed by atoms with Crippen LogP contribution in [0.3, 0.4) is 0 Å². The highest BCUT2D eigenvalue weighted by Gasteiger charge is 2.71. The lowest BCUT2D eigenvalue weighted by Gasteiger charge is -2.35. The van der Waals surface area contributed by atoms with E-state index < -0.39 is 41.4 Å². The summed E-state index contributed by atoms with van der Waals surface area (Å²) in [6, 6.07) is 11.5. The van der Waals surface area contributed by atoms with Gasteiger partial charge in [0.2, 0.25) is 11.8 Å². The van der Waals surface area contributed by atoms with E-state index in [0.717, 1.165) is 6.42 Å². The first-order valence-corrected chi connectivity index (χ1v) is 13.3. The molecule has 2 aromatic rings. The molecule has 0 aromatic heterocycles.